The lowest BCUT2D eigenvalue weighted by atomic mass is 10.1. The molecule has 2 aromatic rings. The van der Waals surface area contributed by atoms with Gasteiger partial charge in [-0.2, -0.15) is 5.10 Å². The van der Waals surface area contributed by atoms with Crippen molar-refractivity contribution in [2.45, 2.75) is 13.5 Å². The van der Waals surface area contributed by atoms with E-state index in [4.69, 9.17) is 4.74 Å². The molecule has 17 heavy (non-hydrogen) atoms. The van der Waals surface area contributed by atoms with Gasteiger partial charge < -0.3 is 4.74 Å². The van der Waals surface area contributed by atoms with E-state index in [9.17, 15) is 4.39 Å². The number of nitrogens with zero attached hydrogens (tertiary/aromatic N) is 3. The predicted octanol–water partition coefficient (Wildman–Crippen LogP) is 2.04. The molecule has 2 rings (SSSR count). The molecule has 0 radical (unpaired) electrons. The van der Waals surface area contributed by atoms with Crippen LogP contribution in [0.3, 0.4) is 0 Å². The Bertz CT molecular complexity index is 510. The summed E-state index contributed by atoms with van der Waals surface area (Å²) in [5.41, 5.74) is 1.30. The molecule has 0 fully saturated rings. The van der Waals surface area contributed by atoms with E-state index in [1.54, 1.807) is 24.2 Å². The van der Waals surface area contributed by atoms with Crippen LogP contribution in [-0.4, -0.2) is 28.5 Å². The van der Waals surface area contributed by atoms with Crippen molar-refractivity contribution in [2.75, 3.05) is 13.7 Å². The average Bonchev–Trinajstić information content (AvgIpc) is 2.75. The van der Waals surface area contributed by atoms with Gasteiger partial charge in [-0.05, 0) is 24.6 Å². The Balaban J connectivity index is 2.24. The van der Waals surface area contributed by atoms with Gasteiger partial charge in [0.25, 0.3) is 0 Å². The van der Waals surface area contributed by atoms with E-state index in [2.05, 4.69) is 10.1 Å². The molecule has 0 bridgehead atoms. The molecule has 5 heteroatoms. The molecule has 0 N–H and O–H groups in total. The molecule has 90 valence electrons. The highest BCUT2D eigenvalue weighted by atomic mass is 19.1. The molecule has 0 amide bonds. The number of aromatic nitrogens is 3. The van der Waals surface area contributed by atoms with Gasteiger partial charge in [0.2, 0.25) is 0 Å². The van der Waals surface area contributed by atoms with E-state index < -0.39 is 0 Å². The molecule has 0 saturated carbocycles. The summed E-state index contributed by atoms with van der Waals surface area (Å²) in [4.78, 5) is 4.09. The van der Waals surface area contributed by atoms with Gasteiger partial charge in [-0.1, -0.05) is 6.07 Å². The van der Waals surface area contributed by atoms with Crippen molar-refractivity contribution in [1.29, 1.82) is 0 Å². The maximum absolute atomic E-state index is 13.7. The Hall–Kier alpha value is -1.75. The number of halogens is 1. The molecule has 1 heterocycles. The van der Waals surface area contributed by atoms with Crippen LogP contribution < -0.4 is 0 Å². The van der Waals surface area contributed by atoms with E-state index in [0.29, 0.717) is 24.5 Å². The number of rotatable bonds is 4. The maximum atomic E-state index is 13.7. The number of aryl methyl sites for hydroxylation is 1. The van der Waals surface area contributed by atoms with E-state index in [1.165, 1.54) is 6.07 Å². The number of benzene rings is 1. The van der Waals surface area contributed by atoms with E-state index >= 15 is 0 Å². The Morgan fingerprint density at radius 2 is 2.24 bits per heavy atom. The van der Waals surface area contributed by atoms with Crippen LogP contribution in [0, 0.1) is 12.7 Å². The molecule has 0 saturated heterocycles. The molecule has 0 atom stereocenters. The molecule has 0 aliphatic rings. The monoisotopic (exact) mass is 235 g/mol. The summed E-state index contributed by atoms with van der Waals surface area (Å²) in [5.74, 6) is 0.105. The van der Waals surface area contributed by atoms with Crippen molar-refractivity contribution in [3.05, 3.63) is 35.9 Å². The molecule has 0 aliphatic carbocycles. The lowest BCUT2D eigenvalue weighted by Crippen LogP contribution is -2.04. The van der Waals surface area contributed by atoms with Crippen LogP contribution in [-0.2, 0) is 11.3 Å². The second-order valence-corrected chi connectivity index (χ2v) is 3.81. The molecule has 0 spiro atoms. The van der Waals surface area contributed by atoms with Crippen LogP contribution in [0.2, 0.25) is 0 Å². The van der Waals surface area contributed by atoms with Crippen molar-refractivity contribution in [3.63, 3.8) is 0 Å². The molecular weight excluding hydrogens is 221 g/mol. The standard InChI is InChI=1S/C12H14FN3O/c1-9-3-4-10(11(13)7-9)12-14-8-16(15-12)5-6-17-2/h3-4,7-8H,5-6H2,1-2H3. The number of ether oxygens (including phenoxy) is 1. The average molecular weight is 235 g/mol. The van der Waals surface area contributed by atoms with Crippen LogP contribution in [0.15, 0.2) is 24.5 Å². The Morgan fingerprint density at radius 1 is 1.41 bits per heavy atom. The third kappa shape index (κ3) is 2.68. The minimum Gasteiger partial charge on any atom is -0.383 e. The van der Waals surface area contributed by atoms with Crippen LogP contribution in [0.25, 0.3) is 11.4 Å². The zero-order chi connectivity index (χ0) is 12.3. The minimum absolute atomic E-state index is 0.297. The molecule has 4 nitrogen and oxygen atoms in total. The van der Waals surface area contributed by atoms with Crippen LogP contribution in [0.4, 0.5) is 4.39 Å². The topological polar surface area (TPSA) is 39.9 Å². The third-order valence-electron chi connectivity index (χ3n) is 2.43. The van der Waals surface area contributed by atoms with Gasteiger partial charge in [0, 0.05) is 7.11 Å². The fourth-order valence-electron chi connectivity index (χ4n) is 1.51. The summed E-state index contributed by atoms with van der Waals surface area (Å²) in [6.45, 7) is 3.01. The zero-order valence-electron chi connectivity index (χ0n) is 9.85. The Labute approximate surface area is 99.1 Å². The molecule has 0 aliphatic heterocycles. The third-order valence-corrected chi connectivity index (χ3v) is 2.43. The van der Waals surface area contributed by atoms with Crippen molar-refractivity contribution in [2.24, 2.45) is 0 Å². The lowest BCUT2D eigenvalue weighted by Gasteiger charge is -2.00. The van der Waals surface area contributed by atoms with Gasteiger partial charge in [0.15, 0.2) is 5.82 Å². The van der Waals surface area contributed by atoms with Crippen molar-refractivity contribution in [3.8, 4) is 11.4 Å². The molecule has 1 aromatic carbocycles. The molecular formula is C12H14FN3O. The number of methoxy groups -OCH3 is 1. The number of hydrogen-bond acceptors (Lipinski definition) is 3. The van der Waals surface area contributed by atoms with Crippen molar-refractivity contribution in [1.82, 2.24) is 14.8 Å². The smallest absolute Gasteiger partial charge is 0.184 e. The van der Waals surface area contributed by atoms with Gasteiger partial charge in [0.05, 0.1) is 18.7 Å². The van der Waals surface area contributed by atoms with Gasteiger partial charge in [-0.3, -0.25) is 4.68 Å². The van der Waals surface area contributed by atoms with E-state index in [1.807, 2.05) is 13.0 Å². The highest BCUT2D eigenvalue weighted by molar-refractivity contribution is 5.55. The van der Waals surface area contributed by atoms with Gasteiger partial charge in [-0.25, -0.2) is 9.37 Å². The van der Waals surface area contributed by atoms with Crippen molar-refractivity contribution < 1.29 is 9.13 Å². The minimum atomic E-state index is -0.297. The van der Waals surface area contributed by atoms with Crippen molar-refractivity contribution >= 4 is 0 Å². The fraction of sp³-hybridized carbons (Fsp3) is 0.333. The summed E-state index contributed by atoms with van der Waals surface area (Å²) in [6.07, 6.45) is 1.58. The van der Waals surface area contributed by atoms with Crippen LogP contribution >= 0.6 is 0 Å². The first-order chi connectivity index (χ1) is 8.20. The first kappa shape index (κ1) is 11.7. The first-order valence-corrected chi connectivity index (χ1v) is 5.35. The van der Waals surface area contributed by atoms with Gasteiger partial charge in [0.1, 0.15) is 12.1 Å². The highest BCUT2D eigenvalue weighted by Crippen LogP contribution is 2.19. The summed E-state index contributed by atoms with van der Waals surface area (Å²) < 4.78 is 20.3. The lowest BCUT2D eigenvalue weighted by molar-refractivity contribution is 0.183. The normalized spacial score (nSPS) is 10.8. The SMILES string of the molecule is COCCn1cnc(-c2ccc(C)cc2F)n1. The molecule has 1 aromatic heterocycles. The predicted molar refractivity (Wildman–Crippen MR) is 62.0 cm³/mol. The Morgan fingerprint density at radius 3 is 2.94 bits per heavy atom. The van der Waals surface area contributed by atoms with Crippen LogP contribution in [0.5, 0.6) is 0 Å². The maximum Gasteiger partial charge on any atom is 0.184 e. The largest absolute Gasteiger partial charge is 0.383 e. The second-order valence-electron chi connectivity index (χ2n) is 3.81. The summed E-state index contributed by atoms with van der Waals surface area (Å²) in [6, 6.07) is 5.01. The quantitative estimate of drug-likeness (QED) is 0.814. The van der Waals surface area contributed by atoms with Crippen LogP contribution in [0.1, 0.15) is 5.56 Å². The van der Waals surface area contributed by atoms with E-state index in [-0.39, 0.29) is 5.82 Å². The Kier molecular flexibility index (Phi) is 3.49. The molecule has 0 unspecified atom stereocenters. The second kappa shape index (κ2) is 5.05. The van der Waals surface area contributed by atoms with E-state index in [0.717, 1.165) is 5.56 Å². The summed E-state index contributed by atoms with van der Waals surface area (Å²) >= 11 is 0. The summed E-state index contributed by atoms with van der Waals surface area (Å²) in [5, 5.41) is 4.19. The first-order valence-electron chi connectivity index (χ1n) is 5.35. The fourth-order valence-corrected chi connectivity index (χ4v) is 1.51. The van der Waals surface area contributed by atoms with Gasteiger partial charge >= 0.3 is 0 Å². The summed E-state index contributed by atoms with van der Waals surface area (Å²) in [7, 11) is 1.62. The zero-order valence-corrected chi connectivity index (χ0v) is 9.85. The number of hydrogen-bond donors (Lipinski definition) is 0. The van der Waals surface area contributed by atoms with Gasteiger partial charge in [-0.15, -0.1) is 0 Å². The highest BCUT2D eigenvalue weighted by Gasteiger charge is 2.09.